The third-order valence-electron chi connectivity index (χ3n) is 1.59. The second kappa shape index (κ2) is 3.19. The predicted octanol–water partition coefficient (Wildman–Crippen LogP) is 1.97. The minimum Gasteiger partial charge on any atom is -0.481 e. The Morgan fingerprint density at radius 2 is 2.00 bits per heavy atom. The molecule has 0 aliphatic heterocycles. The lowest BCUT2D eigenvalue weighted by atomic mass is 10.1. The van der Waals surface area contributed by atoms with Crippen LogP contribution < -0.4 is 0 Å². The van der Waals surface area contributed by atoms with Gasteiger partial charge in [-0.2, -0.15) is 0 Å². The summed E-state index contributed by atoms with van der Waals surface area (Å²) in [5.74, 6) is 0.225. The normalized spacial score (nSPS) is 9.27. The Bertz CT molecular complexity index is 268. The Balaban J connectivity index is 3.03. The zero-order valence-corrected chi connectivity index (χ0v) is 6.72. The molecule has 0 spiro atoms. The minimum absolute atomic E-state index is 0.225. The SMILES string of the molecule is COC(=N)c1ccccc1C. The maximum Gasteiger partial charge on any atom is 0.213 e. The molecule has 0 unspecified atom stereocenters. The number of rotatable bonds is 1. The number of methoxy groups -OCH3 is 1. The van der Waals surface area contributed by atoms with E-state index in [0.717, 1.165) is 11.1 Å². The Morgan fingerprint density at radius 1 is 1.36 bits per heavy atom. The number of nitrogens with one attached hydrogen (secondary N) is 1. The van der Waals surface area contributed by atoms with Crippen LogP contribution in [-0.4, -0.2) is 13.0 Å². The minimum atomic E-state index is 0.225. The van der Waals surface area contributed by atoms with Crippen molar-refractivity contribution < 1.29 is 4.74 Å². The van der Waals surface area contributed by atoms with Gasteiger partial charge < -0.3 is 4.74 Å². The van der Waals surface area contributed by atoms with Gasteiger partial charge in [0.25, 0.3) is 0 Å². The second-order valence-corrected chi connectivity index (χ2v) is 2.35. The highest BCUT2D eigenvalue weighted by Gasteiger charge is 2.01. The fourth-order valence-electron chi connectivity index (χ4n) is 0.938. The molecule has 0 atom stereocenters. The largest absolute Gasteiger partial charge is 0.481 e. The van der Waals surface area contributed by atoms with Crippen molar-refractivity contribution in [1.82, 2.24) is 0 Å². The van der Waals surface area contributed by atoms with Crippen LogP contribution in [0.25, 0.3) is 0 Å². The van der Waals surface area contributed by atoms with Crippen LogP contribution in [0.3, 0.4) is 0 Å². The van der Waals surface area contributed by atoms with E-state index in [2.05, 4.69) is 0 Å². The zero-order chi connectivity index (χ0) is 8.27. The first-order valence-electron chi connectivity index (χ1n) is 3.44. The molecule has 0 aromatic heterocycles. The van der Waals surface area contributed by atoms with Gasteiger partial charge in [0, 0.05) is 5.56 Å². The highest BCUT2D eigenvalue weighted by molar-refractivity contribution is 5.92. The number of ether oxygens (including phenoxy) is 1. The summed E-state index contributed by atoms with van der Waals surface area (Å²) in [6.07, 6.45) is 0. The Hall–Kier alpha value is -1.31. The van der Waals surface area contributed by atoms with Crippen LogP contribution >= 0.6 is 0 Å². The molecule has 1 aromatic rings. The summed E-state index contributed by atoms with van der Waals surface area (Å²) in [7, 11) is 1.51. The fourth-order valence-corrected chi connectivity index (χ4v) is 0.938. The van der Waals surface area contributed by atoms with E-state index >= 15 is 0 Å². The molecule has 0 saturated heterocycles. The van der Waals surface area contributed by atoms with Gasteiger partial charge >= 0.3 is 0 Å². The van der Waals surface area contributed by atoms with Crippen LogP contribution in [0, 0.1) is 12.3 Å². The molecule has 0 aliphatic rings. The topological polar surface area (TPSA) is 33.1 Å². The van der Waals surface area contributed by atoms with E-state index in [0.29, 0.717) is 0 Å². The standard InChI is InChI=1S/C9H11NO/c1-7-5-3-4-6-8(7)9(10)11-2/h3-6,10H,1-2H3. The summed E-state index contributed by atoms with van der Waals surface area (Å²) < 4.78 is 4.80. The average Bonchev–Trinajstić information content (AvgIpc) is 2.04. The van der Waals surface area contributed by atoms with Crippen LogP contribution in [0.15, 0.2) is 24.3 Å². The van der Waals surface area contributed by atoms with E-state index in [-0.39, 0.29) is 5.90 Å². The van der Waals surface area contributed by atoms with Crippen molar-refractivity contribution in [1.29, 1.82) is 5.41 Å². The van der Waals surface area contributed by atoms with E-state index in [1.165, 1.54) is 7.11 Å². The molecule has 0 fully saturated rings. The molecule has 0 bridgehead atoms. The van der Waals surface area contributed by atoms with E-state index in [4.69, 9.17) is 10.1 Å². The van der Waals surface area contributed by atoms with E-state index in [1.54, 1.807) is 0 Å². The van der Waals surface area contributed by atoms with Crippen LogP contribution in [0.1, 0.15) is 11.1 Å². The van der Waals surface area contributed by atoms with Gasteiger partial charge in [-0.3, -0.25) is 5.41 Å². The molecule has 1 rings (SSSR count). The molecule has 0 heterocycles. The van der Waals surface area contributed by atoms with Crippen molar-refractivity contribution in [3.63, 3.8) is 0 Å². The van der Waals surface area contributed by atoms with Crippen molar-refractivity contribution >= 4 is 5.90 Å². The molecule has 0 aliphatic carbocycles. The van der Waals surface area contributed by atoms with Crippen LogP contribution in [0.2, 0.25) is 0 Å². The quantitative estimate of drug-likeness (QED) is 0.480. The lowest BCUT2D eigenvalue weighted by Gasteiger charge is -2.04. The van der Waals surface area contributed by atoms with E-state index in [9.17, 15) is 0 Å². The molecular formula is C9H11NO. The molecule has 11 heavy (non-hydrogen) atoms. The molecule has 0 radical (unpaired) electrons. The maximum atomic E-state index is 7.40. The maximum absolute atomic E-state index is 7.40. The van der Waals surface area contributed by atoms with Crippen LogP contribution in [-0.2, 0) is 4.74 Å². The Labute approximate surface area is 66.3 Å². The molecule has 1 aromatic carbocycles. The lowest BCUT2D eigenvalue weighted by molar-refractivity contribution is 0.401. The highest BCUT2D eigenvalue weighted by Crippen LogP contribution is 2.07. The zero-order valence-electron chi connectivity index (χ0n) is 6.72. The van der Waals surface area contributed by atoms with Crippen molar-refractivity contribution in [3.8, 4) is 0 Å². The second-order valence-electron chi connectivity index (χ2n) is 2.35. The summed E-state index contributed by atoms with van der Waals surface area (Å²) in [6.45, 7) is 1.96. The van der Waals surface area contributed by atoms with Gasteiger partial charge in [-0.25, -0.2) is 0 Å². The monoisotopic (exact) mass is 149 g/mol. The summed E-state index contributed by atoms with van der Waals surface area (Å²) in [5.41, 5.74) is 1.93. The molecule has 2 heteroatoms. The van der Waals surface area contributed by atoms with Gasteiger partial charge in [0.15, 0.2) is 0 Å². The number of hydrogen-bond donors (Lipinski definition) is 1. The van der Waals surface area contributed by atoms with Crippen molar-refractivity contribution in [2.24, 2.45) is 0 Å². The summed E-state index contributed by atoms with van der Waals surface area (Å²) in [5, 5.41) is 7.40. The van der Waals surface area contributed by atoms with E-state index in [1.807, 2.05) is 31.2 Å². The van der Waals surface area contributed by atoms with Crippen molar-refractivity contribution in [2.45, 2.75) is 6.92 Å². The van der Waals surface area contributed by atoms with Gasteiger partial charge in [-0.05, 0) is 18.6 Å². The lowest BCUT2D eigenvalue weighted by Crippen LogP contribution is -2.02. The first kappa shape index (κ1) is 7.79. The summed E-state index contributed by atoms with van der Waals surface area (Å²) in [6, 6.07) is 7.68. The molecule has 1 N–H and O–H groups in total. The van der Waals surface area contributed by atoms with Gasteiger partial charge in [0.2, 0.25) is 5.90 Å². The third kappa shape index (κ3) is 1.58. The first-order valence-corrected chi connectivity index (χ1v) is 3.44. The molecular weight excluding hydrogens is 138 g/mol. The van der Waals surface area contributed by atoms with Gasteiger partial charge in [0.1, 0.15) is 0 Å². The fraction of sp³-hybridized carbons (Fsp3) is 0.222. The Morgan fingerprint density at radius 3 is 2.55 bits per heavy atom. The Kier molecular flexibility index (Phi) is 2.26. The summed E-state index contributed by atoms with van der Waals surface area (Å²) in [4.78, 5) is 0. The van der Waals surface area contributed by atoms with Crippen molar-refractivity contribution in [3.05, 3.63) is 35.4 Å². The molecule has 2 nitrogen and oxygen atoms in total. The van der Waals surface area contributed by atoms with E-state index < -0.39 is 0 Å². The molecule has 0 amide bonds. The smallest absolute Gasteiger partial charge is 0.213 e. The van der Waals surface area contributed by atoms with Gasteiger partial charge in [0.05, 0.1) is 7.11 Å². The molecule has 0 saturated carbocycles. The van der Waals surface area contributed by atoms with Crippen molar-refractivity contribution in [2.75, 3.05) is 7.11 Å². The summed E-state index contributed by atoms with van der Waals surface area (Å²) >= 11 is 0. The molecule has 58 valence electrons. The number of benzene rings is 1. The third-order valence-corrected chi connectivity index (χ3v) is 1.59. The average molecular weight is 149 g/mol. The van der Waals surface area contributed by atoms with Crippen LogP contribution in [0.5, 0.6) is 0 Å². The van der Waals surface area contributed by atoms with Crippen LogP contribution in [0.4, 0.5) is 0 Å². The highest BCUT2D eigenvalue weighted by atomic mass is 16.5. The predicted molar refractivity (Wildman–Crippen MR) is 45.0 cm³/mol. The number of hydrogen-bond acceptors (Lipinski definition) is 2. The first-order chi connectivity index (χ1) is 5.25. The number of aryl methyl sites for hydroxylation is 1. The van der Waals surface area contributed by atoms with Gasteiger partial charge in [-0.1, -0.05) is 18.2 Å². The van der Waals surface area contributed by atoms with Gasteiger partial charge in [-0.15, -0.1) is 0 Å².